The highest BCUT2D eigenvalue weighted by Crippen LogP contribution is 2.40. The Kier molecular flexibility index (Phi) is 6.38. The number of carbonyl (C=O) groups excluding carboxylic acids is 2. The van der Waals surface area contributed by atoms with E-state index in [0.29, 0.717) is 44.2 Å². The van der Waals surface area contributed by atoms with Crippen LogP contribution in [0, 0.1) is 0 Å². The number of anilines is 1. The third-order valence-electron chi connectivity index (χ3n) is 7.09. The number of fused-ring (bicyclic) bond motifs is 2. The second-order valence-corrected chi connectivity index (χ2v) is 10.1. The average molecular weight is 492 g/mol. The number of nitrogens with zero attached hydrogens (tertiary/aromatic N) is 3. The second kappa shape index (κ2) is 9.50. The minimum absolute atomic E-state index is 0.0376. The van der Waals surface area contributed by atoms with Gasteiger partial charge in [0.2, 0.25) is 12.0 Å². The topological polar surface area (TPSA) is 71.6 Å². The molecule has 0 saturated carbocycles. The molecule has 0 N–H and O–H groups in total. The monoisotopic (exact) mass is 491 g/mol. The summed E-state index contributed by atoms with van der Waals surface area (Å²) in [6.07, 6.45) is 1.49. The molecular weight excluding hydrogens is 458 g/mol. The Labute approximate surface area is 212 Å². The van der Waals surface area contributed by atoms with Crippen LogP contribution < -0.4 is 19.1 Å². The van der Waals surface area contributed by atoms with Gasteiger partial charge in [0.15, 0.2) is 11.5 Å². The highest BCUT2D eigenvalue weighted by atomic mass is 16.6. The highest BCUT2D eigenvalue weighted by molar-refractivity contribution is 6.01. The molecule has 1 atom stereocenters. The molecule has 3 aliphatic heterocycles. The van der Waals surface area contributed by atoms with Crippen LogP contribution in [0.1, 0.15) is 26.3 Å². The van der Waals surface area contributed by atoms with Gasteiger partial charge in [-0.05, 0) is 56.7 Å². The fourth-order valence-corrected chi connectivity index (χ4v) is 5.32. The van der Waals surface area contributed by atoms with Crippen molar-refractivity contribution in [3.63, 3.8) is 0 Å². The molecule has 190 valence electrons. The molecule has 0 aromatic heterocycles. The summed E-state index contributed by atoms with van der Waals surface area (Å²) in [7, 11) is 1.65. The second-order valence-electron chi connectivity index (χ2n) is 10.1. The number of para-hydroxylation sites is 2. The Morgan fingerprint density at radius 2 is 1.78 bits per heavy atom. The van der Waals surface area contributed by atoms with Crippen LogP contribution in [0.25, 0.3) is 5.57 Å². The first-order chi connectivity index (χ1) is 17.3. The maximum Gasteiger partial charge on any atom is 0.267 e. The molecule has 36 heavy (non-hydrogen) atoms. The van der Waals surface area contributed by atoms with E-state index in [1.165, 1.54) is 0 Å². The molecular formula is C28H33N3O5. The number of rotatable bonds is 4. The van der Waals surface area contributed by atoms with Crippen LogP contribution in [-0.4, -0.2) is 79.7 Å². The van der Waals surface area contributed by atoms with Crippen molar-refractivity contribution in [2.75, 3.05) is 51.3 Å². The van der Waals surface area contributed by atoms with E-state index in [-0.39, 0.29) is 18.4 Å². The molecule has 2 amide bonds. The smallest absolute Gasteiger partial charge is 0.267 e. The van der Waals surface area contributed by atoms with Crippen LogP contribution in [-0.2, 0) is 9.59 Å². The SMILES string of the molecule is COc1ccc2c(c1)C(C)=CC(C)(C)N2C(=O)CN1CCN(C(=O)[C@@H]2COc3ccccc3O2)CC1. The Bertz CT molecular complexity index is 1200. The van der Waals surface area contributed by atoms with Crippen LogP contribution in [0.3, 0.4) is 0 Å². The van der Waals surface area contributed by atoms with Gasteiger partial charge in [-0.3, -0.25) is 14.5 Å². The van der Waals surface area contributed by atoms with E-state index in [1.807, 2.05) is 47.4 Å². The summed E-state index contributed by atoms with van der Waals surface area (Å²) in [6, 6.07) is 13.2. The van der Waals surface area contributed by atoms with Crippen LogP contribution in [0.4, 0.5) is 5.69 Å². The molecule has 3 heterocycles. The van der Waals surface area contributed by atoms with Gasteiger partial charge in [-0.15, -0.1) is 0 Å². The van der Waals surface area contributed by atoms with Gasteiger partial charge in [0, 0.05) is 31.7 Å². The number of carbonyl (C=O) groups is 2. The third kappa shape index (κ3) is 4.53. The molecule has 0 bridgehead atoms. The fraction of sp³-hybridized carbons (Fsp3) is 0.429. The lowest BCUT2D eigenvalue weighted by atomic mass is 9.88. The summed E-state index contributed by atoms with van der Waals surface area (Å²) in [4.78, 5) is 32.5. The van der Waals surface area contributed by atoms with Crippen molar-refractivity contribution in [1.29, 1.82) is 0 Å². The van der Waals surface area contributed by atoms with Crippen LogP contribution in [0.5, 0.6) is 17.2 Å². The number of hydrogen-bond acceptors (Lipinski definition) is 6. The average Bonchev–Trinajstić information content (AvgIpc) is 2.87. The molecule has 0 aliphatic carbocycles. The van der Waals surface area contributed by atoms with Crippen molar-refractivity contribution in [3.8, 4) is 17.2 Å². The lowest BCUT2D eigenvalue weighted by Gasteiger charge is -2.43. The van der Waals surface area contributed by atoms with Gasteiger partial charge in [-0.1, -0.05) is 18.2 Å². The normalized spacial score (nSPS) is 20.9. The number of allylic oxidation sites excluding steroid dienone is 1. The maximum absolute atomic E-state index is 13.6. The number of amides is 2. The van der Waals surface area contributed by atoms with Gasteiger partial charge in [0.05, 0.1) is 24.9 Å². The van der Waals surface area contributed by atoms with Crippen LogP contribution in [0.15, 0.2) is 48.5 Å². The highest BCUT2D eigenvalue weighted by Gasteiger charge is 2.38. The van der Waals surface area contributed by atoms with Crippen molar-refractivity contribution in [3.05, 3.63) is 54.1 Å². The summed E-state index contributed by atoms with van der Waals surface area (Å²) in [5, 5.41) is 0. The molecule has 2 aromatic rings. The number of piperazine rings is 1. The van der Waals surface area contributed by atoms with Crippen LogP contribution >= 0.6 is 0 Å². The van der Waals surface area contributed by atoms with E-state index in [0.717, 1.165) is 22.6 Å². The largest absolute Gasteiger partial charge is 0.497 e. The van der Waals surface area contributed by atoms with Gasteiger partial charge < -0.3 is 24.0 Å². The maximum atomic E-state index is 13.6. The lowest BCUT2D eigenvalue weighted by molar-refractivity contribution is -0.143. The van der Waals surface area contributed by atoms with E-state index in [9.17, 15) is 9.59 Å². The summed E-state index contributed by atoms with van der Waals surface area (Å²) in [5.41, 5.74) is 2.58. The standard InChI is InChI=1S/C28H33N3O5/c1-19-16-28(2,3)31(22-10-9-20(34-4)15-21(19)22)26(32)17-29-11-13-30(14-12-29)27(33)25-18-35-23-7-5-6-8-24(23)36-25/h5-10,15-16,25H,11-14,17-18H2,1-4H3/t25-/m0/s1. The fourth-order valence-electron chi connectivity index (χ4n) is 5.32. The summed E-state index contributed by atoms with van der Waals surface area (Å²) < 4.78 is 17.0. The Balaban J connectivity index is 1.21. The van der Waals surface area contributed by atoms with Crippen LogP contribution in [0.2, 0.25) is 0 Å². The molecule has 8 heteroatoms. The zero-order valence-electron chi connectivity index (χ0n) is 21.3. The van der Waals surface area contributed by atoms with Crippen molar-refractivity contribution in [1.82, 2.24) is 9.80 Å². The van der Waals surface area contributed by atoms with E-state index >= 15 is 0 Å². The quantitative estimate of drug-likeness (QED) is 0.654. The predicted octanol–water partition coefficient (Wildman–Crippen LogP) is 3.21. The first kappa shape index (κ1) is 24.2. The van der Waals surface area contributed by atoms with Gasteiger partial charge >= 0.3 is 0 Å². The minimum atomic E-state index is -0.647. The van der Waals surface area contributed by atoms with Gasteiger partial charge in [-0.2, -0.15) is 0 Å². The van der Waals surface area contributed by atoms with Crippen molar-refractivity contribution in [2.45, 2.75) is 32.4 Å². The Hall–Kier alpha value is -3.52. The zero-order chi connectivity index (χ0) is 25.4. The van der Waals surface area contributed by atoms with Crippen molar-refractivity contribution >= 4 is 23.1 Å². The van der Waals surface area contributed by atoms with E-state index < -0.39 is 11.6 Å². The Morgan fingerprint density at radius 3 is 2.50 bits per heavy atom. The first-order valence-corrected chi connectivity index (χ1v) is 12.4. The van der Waals surface area contributed by atoms with E-state index in [1.54, 1.807) is 12.0 Å². The summed E-state index contributed by atoms with van der Waals surface area (Å²) in [5.74, 6) is 1.99. The third-order valence-corrected chi connectivity index (χ3v) is 7.09. The first-order valence-electron chi connectivity index (χ1n) is 12.4. The van der Waals surface area contributed by atoms with Crippen molar-refractivity contribution in [2.24, 2.45) is 0 Å². The van der Waals surface area contributed by atoms with Crippen molar-refractivity contribution < 1.29 is 23.8 Å². The lowest BCUT2D eigenvalue weighted by Crippen LogP contribution is -2.57. The molecule has 1 fully saturated rings. The number of ether oxygens (including phenoxy) is 3. The number of hydrogen-bond donors (Lipinski definition) is 0. The summed E-state index contributed by atoms with van der Waals surface area (Å²) in [6.45, 7) is 9.02. The molecule has 8 nitrogen and oxygen atoms in total. The molecule has 0 radical (unpaired) electrons. The van der Waals surface area contributed by atoms with E-state index in [2.05, 4.69) is 31.7 Å². The predicted molar refractivity (Wildman–Crippen MR) is 138 cm³/mol. The van der Waals surface area contributed by atoms with Gasteiger partial charge in [0.25, 0.3) is 5.91 Å². The summed E-state index contributed by atoms with van der Waals surface area (Å²) >= 11 is 0. The zero-order valence-corrected chi connectivity index (χ0v) is 21.3. The van der Waals surface area contributed by atoms with E-state index in [4.69, 9.17) is 14.2 Å². The number of methoxy groups -OCH3 is 1. The molecule has 0 spiro atoms. The molecule has 3 aliphatic rings. The molecule has 0 unspecified atom stereocenters. The molecule has 2 aromatic carbocycles. The molecule has 1 saturated heterocycles. The molecule has 5 rings (SSSR count). The van der Waals surface area contributed by atoms with Gasteiger partial charge in [-0.25, -0.2) is 0 Å². The van der Waals surface area contributed by atoms with Gasteiger partial charge in [0.1, 0.15) is 12.4 Å². The number of benzene rings is 2. The minimum Gasteiger partial charge on any atom is -0.497 e. The Morgan fingerprint density at radius 1 is 1.06 bits per heavy atom.